The molecule has 5 atom stereocenters. The smallest absolute Gasteiger partial charge is 0.427 e. The number of benzene rings is 1. The van der Waals surface area contributed by atoms with Crippen LogP contribution in [0.5, 0.6) is 5.75 Å². The number of ether oxygens (including phenoxy) is 1. The van der Waals surface area contributed by atoms with Gasteiger partial charge in [-0.15, -0.1) is 5.10 Å². The fraction of sp³-hybridized carbons (Fsp3) is 0.615. The molecule has 1 aromatic carbocycles. The number of carbonyl (C=O) groups excluding carboxylic acids is 2. The predicted octanol–water partition coefficient (Wildman–Crippen LogP) is 2.76. The highest BCUT2D eigenvalue weighted by molar-refractivity contribution is 5.90. The number of aliphatic hydroxyl groups excluding tert-OH is 1. The van der Waals surface area contributed by atoms with E-state index in [0.717, 1.165) is 18.5 Å². The quantitative estimate of drug-likeness (QED) is 0.610. The second-order valence-electron chi connectivity index (χ2n) is 11.6. The predicted molar refractivity (Wildman–Crippen MR) is 129 cm³/mol. The number of halogens is 3. The molecule has 2 fully saturated rings. The summed E-state index contributed by atoms with van der Waals surface area (Å²) >= 11 is 0. The van der Waals surface area contributed by atoms with Crippen molar-refractivity contribution in [1.29, 1.82) is 0 Å². The molecule has 38 heavy (non-hydrogen) atoms. The number of nitrogens with one attached hydrogen (secondary N) is 1. The van der Waals surface area contributed by atoms with E-state index in [2.05, 4.69) is 15.6 Å². The minimum atomic E-state index is -4.72. The molecule has 3 aliphatic rings. The largest absolute Gasteiger partial charge is 0.478 e. The summed E-state index contributed by atoms with van der Waals surface area (Å²) in [4.78, 5) is 28.5. The van der Waals surface area contributed by atoms with Crippen molar-refractivity contribution >= 4 is 11.8 Å². The van der Waals surface area contributed by atoms with Gasteiger partial charge in [-0.05, 0) is 29.9 Å². The number of amides is 2. The number of likely N-dealkylation sites (tertiary alicyclic amines) is 1. The maximum Gasteiger partial charge on any atom is 0.427 e. The molecule has 2 aromatic rings. The Morgan fingerprint density at radius 3 is 2.55 bits per heavy atom. The van der Waals surface area contributed by atoms with E-state index in [4.69, 9.17) is 4.74 Å². The zero-order chi connectivity index (χ0) is 27.4. The highest BCUT2D eigenvalue weighted by Crippen LogP contribution is 2.40. The van der Waals surface area contributed by atoms with E-state index >= 15 is 0 Å². The van der Waals surface area contributed by atoms with Gasteiger partial charge in [-0.3, -0.25) is 9.59 Å². The van der Waals surface area contributed by atoms with E-state index in [1.807, 2.05) is 20.8 Å². The SMILES string of the molecule is CC(C)(C)[C@@H](C(=O)N1C[C@H](O)C[C@H]1C(=O)N[C@@H]1Cc2ccccc2O[C@H]1C(F)(F)F)n1cc(C2CC2)nn1. The average Bonchev–Trinajstić information content (AvgIpc) is 3.44. The normalized spacial score (nSPS) is 26.4. The van der Waals surface area contributed by atoms with Gasteiger partial charge in [-0.1, -0.05) is 44.2 Å². The van der Waals surface area contributed by atoms with Gasteiger partial charge in [0, 0.05) is 31.5 Å². The van der Waals surface area contributed by atoms with Crippen LogP contribution in [0.15, 0.2) is 30.5 Å². The van der Waals surface area contributed by atoms with Crippen molar-refractivity contribution in [1.82, 2.24) is 25.2 Å². The molecule has 0 unspecified atom stereocenters. The number of fused-ring (bicyclic) bond motifs is 1. The first kappa shape index (κ1) is 26.5. The number of alkyl halides is 3. The molecule has 0 spiro atoms. The van der Waals surface area contributed by atoms with Gasteiger partial charge in [0.15, 0.2) is 0 Å². The van der Waals surface area contributed by atoms with Crippen LogP contribution in [-0.2, 0) is 16.0 Å². The number of nitrogens with zero attached hydrogens (tertiary/aromatic N) is 4. The molecular formula is C26H32F3N5O4. The molecule has 0 bridgehead atoms. The van der Waals surface area contributed by atoms with E-state index in [1.54, 1.807) is 24.4 Å². The van der Waals surface area contributed by atoms with Gasteiger partial charge in [0.1, 0.15) is 17.8 Å². The van der Waals surface area contributed by atoms with E-state index in [-0.39, 0.29) is 25.1 Å². The first-order valence-corrected chi connectivity index (χ1v) is 12.8. The van der Waals surface area contributed by atoms with E-state index < -0.39 is 53.7 Å². The third-order valence-electron chi connectivity index (χ3n) is 7.39. The molecule has 1 saturated carbocycles. The van der Waals surface area contributed by atoms with E-state index in [1.165, 1.54) is 15.6 Å². The molecule has 1 aromatic heterocycles. The van der Waals surface area contributed by atoms with Crippen LogP contribution in [0.25, 0.3) is 0 Å². The lowest BCUT2D eigenvalue weighted by atomic mass is 9.85. The Kier molecular flexibility index (Phi) is 6.65. The highest BCUT2D eigenvalue weighted by atomic mass is 19.4. The van der Waals surface area contributed by atoms with Crippen LogP contribution in [0.3, 0.4) is 0 Å². The van der Waals surface area contributed by atoms with E-state index in [9.17, 15) is 27.9 Å². The van der Waals surface area contributed by atoms with Crippen molar-refractivity contribution in [2.75, 3.05) is 6.54 Å². The third-order valence-corrected chi connectivity index (χ3v) is 7.39. The summed E-state index contributed by atoms with van der Waals surface area (Å²) < 4.78 is 48.4. The number of hydrogen-bond donors (Lipinski definition) is 2. The number of hydrogen-bond acceptors (Lipinski definition) is 6. The van der Waals surface area contributed by atoms with Crippen LogP contribution in [-0.4, -0.2) is 73.8 Å². The van der Waals surface area contributed by atoms with Gasteiger partial charge < -0.3 is 20.1 Å². The second-order valence-corrected chi connectivity index (χ2v) is 11.6. The Labute approximate surface area is 218 Å². The minimum Gasteiger partial charge on any atom is -0.478 e. The summed E-state index contributed by atoms with van der Waals surface area (Å²) in [7, 11) is 0. The number of para-hydroxylation sites is 1. The Hall–Kier alpha value is -3.15. The monoisotopic (exact) mass is 535 g/mol. The fourth-order valence-corrected chi connectivity index (χ4v) is 5.38. The summed E-state index contributed by atoms with van der Waals surface area (Å²) in [6, 6.07) is 3.04. The molecule has 5 rings (SSSR count). The topological polar surface area (TPSA) is 110 Å². The zero-order valence-electron chi connectivity index (χ0n) is 21.5. The van der Waals surface area contributed by atoms with Crippen LogP contribution < -0.4 is 10.1 Å². The van der Waals surface area contributed by atoms with E-state index in [0.29, 0.717) is 11.5 Å². The van der Waals surface area contributed by atoms with Gasteiger partial charge in [-0.25, -0.2) is 4.68 Å². The van der Waals surface area contributed by atoms with Crippen molar-refractivity contribution in [2.45, 2.75) is 88.9 Å². The van der Waals surface area contributed by atoms with Gasteiger partial charge in [-0.2, -0.15) is 13.2 Å². The van der Waals surface area contributed by atoms with Gasteiger partial charge in [0.25, 0.3) is 0 Å². The van der Waals surface area contributed by atoms with Crippen LogP contribution in [0.2, 0.25) is 0 Å². The molecule has 1 aliphatic carbocycles. The fourth-order valence-electron chi connectivity index (χ4n) is 5.38. The van der Waals surface area contributed by atoms with Crippen molar-refractivity contribution in [3.8, 4) is 5.75 Å². The molecule has 0 radical (unpaired) electrons. The van der Waals surface area contributed by atoms with Crippen molar-refractivity contribution < 1.29 is 32.6 Å². The molecule has 9 nitrogen and oxygen atoms in total. The molecule has 206 valence electrons. The maximum atomic E-state index is 13.9. The van der Waals surface area contributed by atoms with Crippen molar-refractivity contribution in [3.63, 3.8) is 0 Å². The summed E-state index contributed by atoms with van der Waals surface area (Å²) in [5, 5.41) is 21.3. The number of aromatic nitrogens is 3. The minimum absolute atomic E-state index is 0.0805. The molecular weight excluding hydrogens is 503 g/mol. The summed E-state index contributed by atoms with van der Waals surface area (Å²) in [5.41, 5.74) is 0.726. The van der Waals surface area contributed by atoms with Crippen LogP contribution >= 0.6 is 0 Å². The lowest BCUT2D eigenvalue weighted by Gasteiger charge is -2.37. The molecule has 1 saturated heterocycles. The van der Waals surface area contributed by atoms with Crippen LogP contribution in [0.4, 0.5) is 13.2 Å². The highest BCUT2D eigenvalue weighted by Gasteiger charge is 2.51. The third kappa shape index (κ3) is 5.23. The lowest BCUT2D eigenvalue weighted by Crippen LogP contribution is -2.59. The van der Waals surface area contributed by atoms with Gasteiger partial charge in [0.05, 0.1) is 17.8 Å². The van der Waals surface area contributed by atoms with Gasteiger partial charge in [0.2, 0.25) is 17.9 Å². The van der Waals surface area contributed by atoms with Crippen molar-refractivity contribution in [2.24, 2.45) is 5.41 Å². The summed E-state index contributed by atoms with van der Waals surface area (Å²) in [6.07, 6.45) is -4.34. The molecule has 2 N–H and O–H groups in total. The van der Waals surface area contributed by atoms with Gasteiger partial charge >= 0.3 is 6.18 Å². The number of β-amino-alcohol motifs (C(OH)–C–C–N with tert-alkyl or cyclic N) is 1. The van der Waals surface area contributed by atoms with Crippen LogP contribution in [0.1, 0.15) is 63.3 Å². The Morgan fingerprint density at radius 1 is 1.18 bits per heavy atom. The summed E-state index contributed by atoms with van der Waals surface area (Å²) in [6.45, 7) is 5.47. The molecule has 2 aliphatic heterocycles. The number of rotatable bonds is 5. The first-order chi connectivity index (χ1) is 17.8. The average molecular weight is 536 g/mol. The standard InChI is InChI=1S/C26H32F3N5O4/c1-25(2,3)21(34-13-18(31-32-34)14-8-9-14)24(37)33-12-16(35)11-19(33)23(36)30-17-10-15-6-4-5-7-20(15)38-22(17)26(27,28)29/h4-7,13-14,16-17,19,21-22,35H,8-12H2,1-3H3,(H,30,36)/t16-,17-,19+,21-,22-/m1/s1. The first-order valence-electron chi connectivity index (χ1n) is 12.8. The Balaban J connectivity index is 1.38. The van der Waals surface area contributed by atoms with Crippen LogP contribution in [0, 0.1) is 5.41 Å². The number of carbonyl (C=O) groups is 2. The van der Waals surface area contributed by atoms with Crippen molar-refractivity contribution in [3.05, 3.63) is 41.7 Å². The maximum absolute atomic E-state index is 13.9. The molecule has 2 amide bonds. The summed E-state index contributed by atoms with van der Waals surface area (Å²) in [5.74, 6) is -0.753. The molecule has 12 heteroatoms. The number of aliphatic hydroxyl groups is 1. The Morgan fingerprint density at radius 2 is 1.89 bits per heavy atom. The second kappa shape index (κ2) is 9.55. The molecule has 3 heterocycles. The zero-order valence-corrected chi connectivity index (χ0v) is 21.5. The lowest BCUT2D eigenvalue weighted by molar-refractivity contribution is -0.206. The Bertz CT molecular complexity index is 1210.